The van der Waals surface area contributed by atoms with Crippen molar-refractivity contribution in [3.05, 3.63) is 42.0 Å². The molecule has 0 bridgehead atoms. The van der Waals surface area contributed by atoms with E-state index in [4.69, 9.17) is 18.8 Å². The summed E-state index contributed by atoms with van der Waals surface area (Å²) in [7, 11) is 1.57. The molecule has 3 fully saturated rings. The average molecular weight is 440 g/mol. The van der Waals surface area contributed by atoms with E-state index in [0.717, 1.165) is 11.3 Å². The highest BCUT2D eigenvalue weighted by Crippen LogP contribution is 2.42. The third-order valence-corrected chi connectivity index (χ3v) is 7.65. The molecule has 5 heteroatoms. The Morgan fingerprint density at radius 3 is 2.00 bits per heavy atom. The second kappa shape index (κ2) is 12.2. The topological polar surface area (TPSA) is 36.9 Å². The second-order valence-corrected chi connectivity index (χ2v) is 10.0. The van der Waals surface area contributed by atoms with Crippen molar-refractivity contribution in [2.75, 3.05) is 13.7 Å². The highest BCUT2D eigenvalue weighted by atomic mass is 16.7. The van der Waals surface area contributed by atoms with Crippen molar-refractivity contribution in [2.45, 2.75) is 95.8 Å². The number of hydrogen-bond acceptors (Lipinski definition) is 4. The van der Waals surface area contributed by atoms with Crippen LogP contribution < -0.4 is 4.74 Å². The SMILES string of the molecule is COc1ccc(COC/C=C\[C@H](C)B2O[C@@H](C3CCCCC3)[C@H](C3CCCCC3)O2)cc1. The minimum Gasteiger partial charge on any atom is -0.497 e. The number of hydrogen-bond donors (Lipinski definition) is 0. The molecule has 1 aromatic rings. The third kappa shape index (κ3) is 6.39. The first-order valence-electron chi connectivity index (χ1n) is 12.9. The van der Waals surface area contributed by atoms with Gasteiger partial charge in [0.1, 0.15) is 5.75 Å². The Kier molecular flexibility index (Phi) is 9.13. The van der Waals surface area contributed by atoms with Crippen LogP contribution in [0, 0.1) is 11.8 Å². The van der Waals surface area contributed by atoms with Crippen LogP contribution in [0.25, 0.3) is 0 Å². The lowest BCUT2D eigenvalue weighted by Crippen LogP contribution is -2.38. The van der Waals surface area contributed by atoms with Crippen LogP contribution in [-0.2, 0) is 20.7 Å². The number of rotatable bonds is 9. The van der Waals surface area contributed by atoms with Crippen LogP contribution in [-0.4, -0.2) is 33.0 Å². The summed E-state index contributed by atoms with van der Waals surface area (Å²) in [4.78, 5) is 0. The monoisotopic (exact) mass is 440 g/mol. The molecule has 32 heavy (non-hydrogen) atoms. The standard InChI is InChI=1S/C27H41BO4/c1-21(10-9-19-30-20-22-15-17-25(29-2)18-16-22)28-31-26(23-11-5-3-6-12-23)27(32-28)24-13-7-4-8-14-24/h9-10,15-18,21,23-24,26-27H,3-8,11-14,19-20H2,1-2H3/b10-9-/t21-,26-,27-/m0/s1. The van der Waals surface area contributed by atoms with Crippen LogP contribution >= 0.6 is 0 Å². The molecule has 1 aromatic carbocycles. The van der Waals surface area contributed by atoms with Gasteiger partial charge in [0.2, 0.25) is 0 Å². The van der Waals surface area contributed by atoms with Crippen LogP contribution in [0.1, 0.15) is 76.7 Å². The van der Waals surface area contributed by atoms with Crippen molar-refractivity contribution in [1.29, 1.82) is 0 Å². The molecule has 0 radical (unpaired) electrons. The van der Waals surface area contributed by atoms with Crippen molar-refractivity contribution in [3.8, 4) is 5.75 Å². The molecule has 0 unspecified atom stereocenters. The Labute approximate surface area is 195 Å². The van der Waals surface area contributed by atoms with Crippen LogP contribution in [0.4, 0.5) is 0 Å². The van der Waals surface area contributed by atoms with E-state index in [9.17, 15) is 0 Å². The maximum Gasteiger partial charge on any atom is 0.464 e. The first-order chi connectivity index (χ1) is 15.7. The van der Waals surface area contributed by atoms with E-state index >= 15 is 0 Å². The normalized spacial score (nSPS) is 26.6. The van der Waals surface area contributed by atoms with Crippen LogP contribution in [0.2, 0.25) is 5.82 Å². The van der Waals surface area contributed by atoms with Crippen molar-refractivity contribution in [1.82, 2.24) is 0 Å². The van der Waals surface area contributed by atoms with Gasteiger partial charge in [-0.25, -0.2) is 0 Å². The van der Waals surface area contributed by atoms with Gasteiger partial charge in [-0.15, -0.1) is 0 Å². The predicted molar refractivity (Wildman–Crippen MR) is 130 cm³/mol. The molecule has 176 valence electrons. The summed E-state index contributed by atoms with van der Waals surface area (Å²) >= 11 is 0. The van der Waals surface area contributed by atoms with E-state index in [1.54, 1.807) is 7.11 Å². The molecule has 1 aliphatic heterocycles. The summed E-state index contributed by atoms with van der Waals surface area (Å²) in [5.41, 5.74) is 1.15. The minimum atomic E-state index is -0.119. The lowest BCUT2D eigenvalue weighted by atomic mass is 9.73. The lowest BCUT2D eigenvalue weighted by molar-refractivity contribution is 0.0324. The number of ether oxygens (including phenoxy) is 2. The molecule has 0 amide bonds. The van der Waals surface area contributed by atoms with Gasteiger partial charge in [0.25, 0.3) is 0 Å². The van der Waals surface area contributed by atoms with Gasteiger partial charge in [-0.1, -0.05) is 69.7 Å². The Balaban J connectivity index is 1.27. The van der Waals surface area contributed by atoms with E-state index < -0.39 is 0 Å². The van der Waals surface area contributed by atoms with Gasteiger partial charge >= 0.3 is 7.12 Å². The fourth-order valence-electron chi connectivity index (χ4n) is 5.76. The zero-order valence-corrected chi connectivity index (χ0v) is 20.0. The van der Waals surface area contributed by atoms with Gasteiger partial charge in [0.15, 0.2) is 0 Å². The number of methoxy groups -OCH3 is 1. The van der Waals surface area contributed by atoms with Crippen molar-refractivity contribution in [3.63, 3.8) is 0 Å². The van der Waals surface area contributed by atoms with Gasteiger partial charge in [-0.3, -0.25) is 0 Å². The van der Waals surface area contributed by atoms with Crippen molar-refractivity contribution < 1.29 is 18.8 Å². The van der Waals surface area contributed by atoms with Gasteiger partial charge in [-0.2, -0.15) is 0 Å². The van der Waals surface area contributed by atoms with Crippen molar-refractivity contribution in [2.24, 2.45) is 11.8 Å². The van der Waals surface area contributed by atoms with Crippen molar-refractivity contribution >= 4 is 7.12 Å². The molecule has 4 rings (SSSR count). The maximum atomic E-state index is 6.65. The fraction of sp³-hybridized carbons (Fsp3) is 0.704. The van der Waals surface area contributed by atoms with Gasteiger partial charge < -0.3 is 18.8 Å². The van der Waals surface area contributed by atoms with E-state index in [2.05, 4.69) is 19.1 Å². The summed E-state index contributed by atoms with van der Waals surface area (Å²) in [6, 6.07) is 8.03. The smallest absolute Gasteiger partial charge is 0.464 e. The lowest BCUT2D eigenvalue weighted by Gasteiger charge is -2.35. The summed E-state index contributed by atoms with van der Waals surface area (Å²) < 4.78 is 24.3. The van der Waals surface area contributed by atoms with Crippen LogP contribution in [0.5, 0.6) is 5.75 Å². The first kappa shape index (κ1) is 23.8. The zero-order chi connectivity index (χ0) is 22.2. The number of allylic oxidation sites excluding steroid dienone is 1. The molecule has 1 heterocycles. The molecule has 1 saturated heterocycles. The highest BCUT2D eigenvalue weighted by Gasteiger charge is 2.48. The largest absolute Gasteiger partial charge is 0.497 e. The van der Waals surface area contributed by atoms with E-state index in [-0.39, 0.29) is 12.9 Å². The summed E-state index contributed by atoms with van der Waals surface area (Å²) in [5.74, 6) is 2.48. The van der Waals surface area contributed by atoms with E-state index in [1.807, 2.05) is 24.3 Å². The zero-order valence-electron chi connectivity index (χ0n) is 20.0. The molecule has 2 aliphatic carbocycles. The highest BCUT2D eigenvalue weighted by molar-refractivity contribution is 6.47. The number of benzene rings is 1. The quantitative estimate of drug-likeness (QED) is 0.247. The molecule has 0 aromatic heterocycles. The maximum absolute atomic E-state index is 6.65. The Hall–Kier alpha value is -1.30. The Morgan fingerprint density at radius 1 is 0.906 bits per heavy atom. The molecule has 4 nitrogen and oxygen atoms in total. The van der Waals surface area contributed by atoms with Crippen LogP contribution in [0.3, 0.4) is 0 Å². The van der Waals surface area contributed by atoms with Gasteiger partial charge in [-0.05, 0) is 55.2 Å². The predicted octanol–water partition coefficient (Wildman–Crippen LogP) is 6.59. The van der Waals surface area contributed by atoms with Crippen LogP contribution in [0.15, 0.2) is 36.4 Å². The second-order valence-electron chi connectivity index (χ2n) is 10.0. The summed E-state index contributed by atoms with van der Waals surface area (Å²) in [6.07, 6.45) is 18.4. The molecule has 0 spiro atoms. The Bertz CT molecular complexity index is 668. The molecular formula is C27H41BO4. The van der Waals surface area contributed by atoms with Gasteiger partial charge in [0, 0.05) is 5.82 Å². The third-order valence-electron chi connectivity index (χ3n) is 7.65. The van der Waals surface area contributed by atoms with E-state index in [0.29, 0.717) is 37.3 Å². The molecule has 3 aliphatic rings. The minimum absolute atomic E-state index is 0.119. The molecular weight excluding hydrogens is 399 g/mol. The summed E-state index contributed by atoms with van der Waals surface area (Å²) in [6.45, 7) is 3.42. The first-order valence-corrected chi connectivity index (χ1v) is 12.9. The van der Waals surface area contributed by atoms with Gasteiger partial charge in [0.05, 0.1) is 32.5 Å². The molecule has 3 atom stereocenters. The molecule has 0 N–H and O–H groups in total. The Morgan fingerprint density at radius 2 is 1.47 bits per heavy atom. The molecule has 2 saturated carbocycles. The fourth-order valence-corrected chi connectivity index (χ4v) is 5.76. The summed E-state index contributed by atoms with van der Waals surface area (Å²) in [5, 5.41) is 0. The average Bonchev–Trinajstić information content (AvgIpc) is 3.31. The van der Waals surface area contributed by atoms with E-state index in [1.165, 1.54) is 64.2 Å².